The minimum atomic E-state index is -3.41. The summed E-state index contributed by atoms with van der Waals surface area (Å²) in [6.45, 7) is 6.78. The van der Waals surface area contributed by atoms with E-state index in [1.165, 1.54) is 13.8 Å². The lowest BCUT2D eigenvalue weighted by Gasteiger charge is -2.27. The number of sulfone groups is 1. The number of alkyl halides is 1. The quantitative estimate of drug-likeness (QED) is 0.779. The molecule has 0 aromatic heterocycles. The van der Waals surface area contributed by atoms with Crippen LogP contribution in [0.3, 0.4) is 0 Å². The summed E-state index contributed by atoms with van der Waals surface area (Å²) in [5, 5.41) is 3.36. The molecule has 0 aromatic carbocycles. The van der Waals surface area contributed by atoms with Crippen molar-refractivity contribution in [1.29, 1.82) is 0 Å². The third-order valence-corrected chi connectivity index (χ3v) is 5.50. The van der Waals surface area contributed by atoms with Gasteiger partial charge in [-0.3, -0.25) is 4.79 Å². The van der Waals surface area contributed by atoms with Crippen LogP contribution in [0, 0.1) is 5.92 Å². The highest BCUT2D eigenvalue weighted by atomic mass is 79.9. The molecule has 0 aliphatic rings. The molecule has 16 heavy (non-hydrogen) atoms. The Balaban J connectivity index is 4.84. The Morgan fingerprint density at radius 1 is 1.38 bits per heavy atom. The molecule has 1 unspecified atom stereocenters. The van der Waals surface area contributed by atoms with Crippen molar-refractivity contribution in [3.05, 3.63) is 0 Å². The van der Waals surface area contributed by atoms with E-state index in [-0.39, 0.29) is 12.0 Å². The van der Waals surface area contributed by atoms with Crippen LogP contribution in [0.1, 0.15) is 27.7 Å². The van der Waals surface area contributed by atoms with Gasteiger partial charge in [0, 0.05) is 17.6 Å². The normalized spacial score (nSPS) is 14.9. The molecule has 0 radical (unpaired) electrons. The summed E-state index contributed by atoms with van der Waals surface area (Å²) in [6, 6.07) is -0.0616. The van der Waals surface area contributed by atoms with Gasteiger partial charge in [-0.2, -0.15) is 0 Å². The molecule has 0 rings (SSSR count). The number of halogens is 1. The maximum atomic E-state index is 11.9. The van der Waals surface area contributed by atoms with Crippen molar-refractivity contribution in [3.8, 4) is 0 Å². The van der Waals surface area contributed by atoms with E-state index in [1.807, 2.05) is 13.8 Å². The predicted octanol–water partition coefficient (Wildman–Crippen LogP) is 1.35. The molecule has 1 amide bonds. The molecule has 0 aliphatic carbocycles. The Hall–Kier alpha value is -0.100. The minimum Gasteiger partial charge on any atom is -0.351 e. The molecule has 1 atom stereocenters. The standard InChI is InChI=1S/C10H20BrNO3S/c1-7(2)8(6-11)12-9(13)10(3,4)16(5,14)15/h7-8H,6H2,1-5H3,(H,12,13). The zero-order valence-electron chi connectivity index (χ0n) is 10.4. The number of hydrogen-bond acceptors (Lipinski definition) is 3. The van der Waals surface area contributed by atoms with Gasteiger partial charge >= 0.3 is 0 Å². The van der Waals surface area contributed by atoms with Crippen LogP contribution >= 0.6 is 15.9 Å². The minimum absolute atomic E-state index is 0.0616. The smallest absolute Gasteiger partial charge is 0.241 e. The molecular formula is C10H20BrNO3S. The van der Waals surface area contributed by atoms with Crippen LogP contribution < -0.4 is 5.32 Å². The second-order valence-corrected chi connectivity index (χ2v) is 7.97. The van der Waals surface area contributed by atoms with Crippen LogP contribution in [-0.2, 0) is 14.6 Å². The van der Waals surface area contributed by atoms with Gasteiger partial charge in [-0.15, -0.1) is 0 Å². The Morgan fingerprint density at radius 2 is 1.81 bits per heavy atom. The second kappa shape index (κ2) is 5.49. The first kappa shape index (κ1) is 15.9. The number of rotatable bonds is 5. The number of hydrogen-bond donors (Lipinski definition) is 1. The SMILES string of the molecule is CC(C)C(CBr)NC(=O)C(C)(C)S(C)(=O)=O. The van der Waals surface area contributed by atoms with Crippen molar-refractivity contribution < 1.29 is 13.2 Å². The molecule has 0 aromatic rings. The first-order chi connectivity index (χ1) is 7.04. The lowest BCUT2D eigenvalue weighted by molar-refractivity contribution is -0.123. The van der Waals surface area contributed by atoms with Crippen LogP contribution in [-0.4, -0.2) is 36.7 Å². The van der Waals surface area contributed by atoms with E-state index in [2.05, 4.69) is 21.2 Å². The zero-order valence-corrected chi connectivity index (χ0v) is 12.8. The van der Waals surface area contributed by atoms with Crippen molar-refractivity contribution in [3.63, 3.8) is 0 Å². The van der Waals surface area contributed by atoms with Crippen LogP contribution in [0.25, 0.3) is 0 Å². The second-order valence-electron chi connectivity index (χ2n) is 4.76. The van der Waals surface area contributed by atoms with E-state index >= 15 is 0 Å². The largest absolute Gasteiger partial charge is 0.351 e. The van der Waals surface area contributed by atoms with Gasteiger partial charge in [-0.1, -0.05) is 29.8 Å². The highest BCUT2D eigenvalue weighted by Gasteiger charge is 2.39. The summed E-state index contributed by atoms with van der Waals surface area (Å²) in [5.41, 5.74) is 0. The molecule has 0 aliphatic heterocycles. The predicted molar refractivity (Wildman–Crippen MR) is 69.5 cm³/mol. The molecule has 6 heteroatoms. The molecule has 0 fully saturated rings. The maximum Gasteiger partial charge on any atom is 0.241 e. The molecule has 1 N–H and O–H groups in total. The lowest BCUT2D eigenvalue weighted by atomic mass is 10.1. The summed E-state index contributed by atoms with van der Waals surface area (Å²) < 4.78 is 21.5. The van der Waals surface area contributed by atoms with Crippen molar-refractivity contribution in [2.45, 2.75) is 38.5 Å². The molecular weight excluding hydrogens is 294 g/mol. The molecule has 4 nitrogen and oxygen atoms in total. The van der Waals surface area contributed by atoms with Gasteiger partial charge in [0.05, 0.1) is 0 Å². The summed E-state index contributed by atoms with van der Waals surface area (Å²) in [6.07, 6.45) is 1.07. The molecule has 0 bridgehead atoms. The first-order valence-corrected chi connectivity index (χ1v) is 8.11. The summed E-state index contributed by atoms with van der Waals surface area (Å²) in [7, 11) is -3.41. The van der Waals surface area contributed by atoms with Crippen molar-refractivity contribution in [1.82, 2.24) is 5.32 Å². The highest BCUT2D eigenvalue weighted by molar-refractivity contribution is 9.09. The van der Waals surface area contributed by atoms with E-state index in [0.29, 0.717) is 5.33 Å². The Morgan fingerprint density at radius 3 is 2.06 bits per heavy atom. The van der Waals surface area contributed by atoms with E-state index in [4.69, 9.17) is 0 Å². The van der Waals surface area contributed by atoms with E-state index < -0.39 is 20.5 Å². The molecule has 0 saturated heterocycles. The highest BCUT2D eigenvalue weighted by Crippen LogP contribution is 2.16. The number of nitrogens with one attached hydrogen (secondary N) is 1. The monoisotopic (exact) mass is 313 g/mol. The van der Waals surface area contributed by atoms with Crippen molar-refractivity contribution in [2.24, 2.45) is 5.92 Å². The van der Waals surface area contributed by atoms with Crippen LogP contribution in [0.4, 0.5) is 0 Å². The summed E-state index contributed by atoms with van der Waals surface area (Å²) in [5.74, 6) is -0.202. The fraction of sp³-hybridized carbons (Fsp3) is 0.900. The molecule has 0 saturated carbocycles. The maximum absolute atomic E-state index is 11.9. The van der Waals surface area contributed by atoms with Gasteiger partial charge in [0.25, 0.3) is 0 Å². The topological polar surface area (TPSA) is 63.2 Å². The fourth-order valence-corrected chi connectivity index (χ4v) is 2.20. The number of carbonyl (C=O) groups excluding carboxylic acids is 1. The summed E-state index contributed by atoms with van der Waals surface area (Å²) in [4.78, 5) is 11.9. The summed E-state index contributed by atoms with van der Waals surface area (Å²) >= 11 is 3.30. The third-order valence-electron chi connectivity index (χ3n) is 2.76. The van der Waals surface area contributed by atoms with E-state index in [1.54, 1.807) is 0 Å². The van der Waals surface area contributed by atoms with Gasteiger partial charge in [0.2, 0.25) is 5.91 Å². The van der Waals surface area contributed by atoms with Crippen LogP contribution in [0.15, 0.2) is 0 Å². The number of amides is 1. The van der Waals surface area contributed by atoms with Gasteiger partial charge in [0.1, 0.15) is 4.75 Å². The lowest BCUT2D eigenvalue weighted by Crippen LogP contribution is -2.52. The van der Waals surface area contributed by atoms with Crippen molar-refractivity contribution >= 4 is 31.7 Å². The molecule has 0 heterocycles. The van der Waals surface area contributed by atoms with Gasteiger partial charge in [0.15, 0.2) is 9.84 Å². The average Bonchev–Trinajstić information content (AvgIpc) is 2.11. The van der Waals surface area contributed by atoms with Gasteiger partial charge in [-0.25, -0.2) is 8.42 Å². The number of carbonyl (C=O) groups is 1. The van der Waals surface area contributed by atoms with Crippen molar-refractivity contribution in [2.75, 3.05) is 11.6 Å². The zero-order chi connectivity index (χ0) is 13.1. The van der Waals surface area contributed by atoms with Gasteiger partial charge < -0.3 is 5.32 Å². The Kier molecular flexibility index (Phi) is 5.46. The van der Waals surface area contributed by atoms with Crippen LogP contribution in [0.5, 0.6) is 0 Å². The van der Waals surface area contributed by atoms with E-state index in [0.717, 1.165) is 6.26 Å². The molecule has 0 spiro atoms. The Bertz CT molecular complexity index is 349. The first-order valence-electron chi connectivity index (χ1n) is 5.10. The average molecular weight is 314 g/mol. The van der Waals surface area contributed by atoms with E-state index in [9.17, 15) is 13.2 Å². The molecule has 96 valence electrons. The fourth-order valence-electron chi connectivity index (χ4n) is 0.894. The van der Waals surface area contributed by atoms with Gasteiger partial charge in [-0.05, 0) is 19.8 Å². The van der Waals surface area contributed by atoms with Crippen LogP contribution in [0.2, 0.25) is 0 Å². The Labute approximate surface area is 106 Å². The third kappa shape index (κ3) is 3.73.